The number of nitrogens with one attached hydrogen (secondary N) is 2. The van der Waals surface area contributed by atoms with Crippen molar-refractivity contribution in [3.63, 3.8) is 0 Å². The number of hydrogen-bond acceptors (Lipinski definition) is 9. The van der Waals surface area contributed by atoms with Crippen LogP contribution in [0.1, 0.15) is 33.3 Å². The first-order valence-corrected chi connectivity index (χ1v) is 13.2. The summed E-state index contributed by atoms with van der Waals surface area (Å²) in [6.45, 7) is 6.11. The number of benzene rings is 1. The summed E-state index contributed by atoms with van der Waals surface area (Å²) in [5.41, 5.74) is 0.179. The van der Waals surface area contributed by atoms with E-state index in [1.165, 1.54) is 43.0 Å². The third kappa shape index (κ3) is 7.58. The van der Waals surface area contributed by atoms with Crippen molar-refractivity contribution >= 4 is 76.3 Å². The SMILES string of the molecule is CC(=O)OCC1=C(OC(=O)O)N2C(=O)C(NC(=O)C(=C(Cl)Cl)c3ccc(NC(=O)OC(C)(C)C)cc3)[C@@H]2SC1. The summed E-state index contributed by atoms with van der Waals surface area (Å²) in [7, 11) is 0. The van der Waals surface area contributed by atoms with Crippen LogP contribution in [0.3, 0.4) is 0 Å². The molecule has 39 heavy (non-hydrogen) atoms. The average molecular weight is 602 g/mol. The van der Waals surface area contributed by atoms with Gasteiger partial charge in [0.05, 0.1) is 5.57 Å². The topological polar surface area (TPSA) is 161 Å². The van der Waals surface area contributed by atoms with Gasteiger partial charge in [-0.25, -0.2) is 9.59 Å². The normalized spacial score (nSPS) is 18.3. The van der Waals surface area contributed by atoms with Gasteiger partial charge in [-0.15, -0.1) is 11.8 Å². The maximum absolute atomic E-state index is 13.1. The van der Waals surface area contributed by atoms with Crippen LogP contribution < -0.4 is 10.6 Å². The molecule has 0 bridgehead atoms. The van der Waals surface area contributed by atoms with Gasteiger partial charge in [0.1, 0.15) is 28.1 Å². The fraction of sp³-hybridized carbons (Fsp3) is 0.375. The van der Waals surface area contributed by atoms with Crippen molar-refractivity contribution in [2.45, 2.75) is 44.7 Å². The number of hydrogen-bond donors (Lipinski definition) is 3. The van der Waals surface area contributed by atoms with Crippen LogP contribution >= 0.6 is 35.0 Å². The summed E-state index contributed by atoms with van der Waals surface area (Å²) in [6, 6.07) is 4.99. The van der Waals surface area contributed by atoms with Gasteiger partial charge in [0.2, 0.25) is 5.88 Å². The highest BCUT2D eigenvalue weighted by atomic mass is 35.5. The first-order valence-electron chi connectivity index (χ1n) is 11.4. The fourth-order valence-corrected chi connectivity index (χ4v) is 5.27. The van der Waals surface area contributed by atoms with Crippen molar-refractivity contribution in [1.82, 2.24) is 10.2 Å². The molecule has 0 spiro atoms. The first-order chi connectivity index (χ1) is 18.2. The lowest BCUT2D eigenvalue weighted by atomic mass is 10.0. The monoisotopic (exact) mass is 601 g/mol. The van der Waals surface area contributed by atoms with Crippen LogP contribution in [0, 0.1) is 0 Å². The summed E-state index contributed by atoms with van der Waals surface area (Å²) >= 11 is 13.2. The van der Waals surface area contributed by atoms with E-state index < -0.39 is 47.0 Å². The number of halogens is 2. The molecule has 3 N–H and O–H groups in total. The van der Waals surface area contributed by atoms with Crippen molar-refractivity contribution in [2.75, 3.05) is 17.7 Å². The molecule has 1 unspecified atom stereocenters. The lowest BCUT2D eigenvalue weighted by Crippen LogP contribution is -2.70. The minimum Gasteiger partial charge on any atom is -0.461 e. The third-order valence-corrected chi connectivity index (χ3v) is 6.87. The molecule has 12 nitrogen and oxygen atoms in total. The second kappa shape index (κ2) is 12.2. The number of ether oxygens (including phenoxy) is 3. The van der Waals surface area contributed by atoms with Crippen LogP contribution in [0.15, 0.2) is 40.2 Å². The Morgan fingerprint density at radius 2 is 1.79 bits per heavy atom. The molecule has 0 saturated carbocycles. The predicted octanol–water partition coefficient (Wildman–Crippen LogP) is 4.05. The largest absolute Gasteiger partial charge is 0.512 e. The minimum atomic E-state index is -1.65. The number of nitrogens with zero attached hydrogens (tertiary/aromatic N) is 1. The molecule has 1 saturated heterocycles. The van der Waals surface area contributed by atoms with Gasteiger partial charge in [0, 0.05) is 23.9 Å². The molecule has 3 rings (SSSR count). The maximum Gasteiger partial charge on any atom is 0.512 e. The molecular weight excluding hydrogens is 577 g/mol. The highest BCUT2D eigenvalue weighted by Gasteiger charge is 2.54. The number of thioether (sulfide) groups is 1. The summed E-state index contributed by atoms with van der Waals surface area (Å²) in [5, 5.41) is 13.6. The van der Waals surface area contributed by atoms with Gasteiger partial charge in [0.15, 0.2) is 0 Å². The van der Waals surface area contributed by atoms with Gasteiger partial charge in [-0.1, -0.05) is 35.3 Å². The molecule has 15 heteroatoms. The zero-order valence-electron chi connectivity index (χ0n) is 21.2. The number of fused-ring (bicyclic) bond motifs is 1. The second-order valence-corrected chi connectivity index (χ2v) is 11.3. The molecule has 1 fully saturated rings. The summed E-state index contributed by atoms with van der Waals surface area (Å²) < 4.78 is 14.6. The van der Waals surface area contributed by atoms with E-state index in [-0.39, 0.29) is 33.9 Å². The van der Waals surface area contributed by atoms with Crippen LogP contribution in [0.4, 0.5) is 15.3 Å². The summed E-state index contributed by atoms with van der Waals surface area (Å²) in [5.74, 6) is -2.06. The van der Waals surface area contributed by atoms with Gasteiger partial charge >= 0.3 is 18.2 Å². The van der Waals surface area contributed by atoms with Crippen molar-refractivity contribution in [3.05, 3.63) is 45.8 Å². The number of anilines is 1. The Bertz CT molecular complexity index is 1250. The van der Waals surface area contributed by atoms with Crippen molar-refractivity contribution < 1.29 is 43.3 Å². The smallest absolute Gasteiger partial charge is 0.461 e. The van der Waals surface area contributed by atoms with Gasteiger partial charge < -0.3 is 24.6 Å². The van der Waals surface area contributed by atoms with Crippen molar-refractivity contribution in [3.8, 4) is 0 Å². The molecule has 1 aromatic carbocycles. The maximum atomic E-state index is 13.1. The lowest BCUT2D eigenvalue weighted by Gasteiger charge is -2.49. The predicted molar refractivity (Wildman–Crippen MR) is 143 cm³/mol. The number of β-lactam (4-membered cyclic amide) rings is 1. The van der Waals surface area contributed by atoms with Crippen LogP contribution in [0.25, 0.3) is 5.57 Å². The number of carbonyl (C=O) groups excluding carboxylic acids is 4. The average Bonchev–Trinajstić information content (AvgIpc) is 2.80. The van der Waals surface area contributed by atoms with E-state index in [4.69, 9.17) is 42.5 Å². The second-order valence-electron chi connectivity index (χ2n) is 9.26. The van der Waals surface area contributed by atoms with Gasteiger partial charge in [0.25, 0.3) is 11.8 Å². The van der Waals surface area contributed by atoms with Crippen LogP contribution in [-0.2, 0) is 28.6 Å². The zero-order valence-corrected chi connectivity index (χ0v) is 23.5. The molecule has 210 valence electrons. The fourth-order valence-electron chi connectivity index (χ4n) is 3.58. The van der Waals surface area contributed by atoms with E-state index in [1.54, 1.807) is 20.8 Å². The molecule has 2 aliphatic heterocycles. The van der Waals surface area contributed by atoms with Gasteiger partial charge in [-0.05, 0) is 38.5 Å². The van der Waals surface area contributed by atoms with Gasteiger partial charge in [-0.3, -0.25) is 24.6 Å². The van der Waals surface area contributed by atoms with Crippen LogP contribution in [0.5, 0.6) is 0 Å². The van der Waals surface area contributed by atoms with Crippen LogP contribution in [0.2, 0.25) is 0 Å². The molecule has 2 aliphatic rings. The highest BCUT2D eigenvalue weighted by molar-refractivity contribution is 8.00. The van der Waals surface area contributed by atoms with Crippen molar-refractivity contribution in [1.29, 1.82) is 0 Å². The molecule has 2 heterocycles. The minimum absolute atomic E-state index is 0.123. The summed E-state index contributed by atoms with van der Waals surface area (Å²) in [4.78, 5) is 61.5. The zero-order chi connectivity index (χ0) is 29.1. The van der Waals surface area contributed by atoms with E-state index in [2.05, 4.69) is 10.6 Å². The molecule has 0 aromatic heterocycles. The molecule has 1 aromatic rings. The Morgan fingerprint density at radius 3 is 2.33 bits per heavy atom. The first kappa shape index (κ1) is 30.1. The van der Waals surface area contributed by atoms with E-state index in [0.717, 1.165) is 4.90 Å². The number of carbonyl (C=O) groups is 5. The number of rotatable bonds is 7. The Balaban J connectivity index is 1.73. The quantitative estimate of drug-likeness (QED) is 0.180. The Morgan fingerprint density at radius 1 is 1.15 bits per heavy atom. The number of amides is 3. The van der Waals surface area contributed by atoms with Crippen LogP contribution in [-0.4, -0.2) is 69.4 Å². The number of esters is 1. The Hall–Kier alpha value is -3.42. The highest BCUT2D eigenvalue weighted by Crippen LogP contribution is 2.41. The molecule has 0 radical (unpaired) electrons. The number of carboxylic acid groups (broad SMARTS) is 1. The van der Waals surface area contributed by atoms with E-state index in [0.29, 0.717) is 11.3 Å². The lowest BCUT2D eigenvalue weighted by molar-refractivity contribution is -0.148. The van der Waals surface area contributed by atoms with E-state index in [9.17, 15) is 24.0 Å². The standard InChI is InChI=1S/C24H25Cl2N3O9S/c1-11(30)36-9-13-10-39-21-16(19(32)29(21)20(13)37-23(34)35)28-18(31)15(17(25)26)12-5-7-14(8-6-12)27-22(33)38-24(2,3)4/h5-8,16,21H,9-10H2,1-4H3,(H,27,33)(H,28,31)(H,34,35)/t16?,21-/m0/s1. The van der Waals surface area contributed by atoms with E-state index in [1.807, 2.05) is 0 Å². The summed E-state index contributed by atoms with van der Waals surface area (Å²) in [6.07, 6.45) is -2.31. The van der Waals surface area contributed by atoms with Crippen molar-refractivity contribution in [2.24, 2.45) is 0 Å². The van der Waals surface area contributed by atoms with E-state index >= 15 is 0 Å². The third-order valence-electron chi connectivity index (χ3n) is 5.15. The molecule has 0 aliphatic carbocycles. The van der Waals surface area contributed by atoms with Gasteiger partial charge in [-0.2, -0.15) is 0 Å². The Kier molecular flexibility index (Phi) is 9.41. The molecular formula is C24H25Cl2N3O9S. The molecule has 3 amide bonds. The molecule has 2 atom stereocenters. The Labute approximate surface area is 237 Å².